The molecule has 1 aromatic heterocycles. The summed E-state index contributed by atoms with van der Waals surface area (Å²) in [4.78, 5) is 13.1. The van der Waals surface area contributed by atoms with Gasteiger partial charge in [0.05, 0.1) is 17.0 Å². The van der Waals surface area contributed by atoms with Crippen LogP contribution < -0.4 is 0 Å². The zero-order valence-corrected chi connectivity index (χ0v) is 11.4. The number of aromatic hydroxyl groups is 1. The first-order valence-corrected chi connectivity index (χ1v) is 6.55. The van der Waals surface area contributed by atoms with E-state index in [0.717, 1.165) is 5.56 Å². The molecule has 0 bridgehead atoms. The Labute approximate surface area is 125 Å². The second kappa shape index (κ2) is 5.65. The number of nitrogens with zero attached hydrogens (tertiary/aromatic N) is 3. The van der Waals surface area contributed by atoms with E-state index < -0.39 is 4.92 Å². The summed E-state index contributed by atoms with van der Waals surface area (Å²) in [6, 6.07) is 13.8. The van der Waals surface area contributed by atoms with Gasteiger partial charge in [0.1, 0.15) is 0 Å². The van der Waals surface area contributed by atoms with Crippen LogP contribution in [0.25, 0.3) is 10.9 Å². The van der Waals surface area contributed by atoms with Gasteiger partial charge in [-0.05, 0) is 11.6 Å². The number of rotatable bonds is 4. The Kier molecular flexibility index (Phi) is 3.53. The van der Waals surface area contributed by atoms with Crippen molar-refractivity contribution in [3.8, 4) is 5.88 Å². The number of non-ortho nitro benzene ring substituents is 1. The Balaban J connectivity index is 1.94. The lowest BCUT2D eigenvalue weighted by Gasteiger charge is -1.95. The Morgan fingerprint density at radius 3 is 2.68 bits per heavy atom. The van der Waals surface area contributed by atoms with Crippen LogP contribution >= 0.6 is 0 Å². The van der Waals surface area contributed by atoms with Crippen molar-refractivity contribution in [1.29, 1.82) is 0 Å². The third-order valence-corrected chi connectivity index (χ3v) is 3.21. The van der Waals surface area contributed by atoms with E-state index in [2.05, 4.69) is 15.2 Å². The van der Waals surface area contributed by atoms with Crippen LogP contribution in [0.3, 0.4) is 0 Å². The number of nitro groups is 1. The van der Waals surface area contributed by atoms with Gasteiger partial charge < -0.3 is 10.1 Å². The molecule has 0 amide bonds. The predicted octanol–water partition coefficient (Wildman–Crippen LogP) is 4.07. The fourth-order valence-electron chi connectivity index (χ4n) is 2.14. The summed E-state index contributed by atoms with van der Waals surface area (Å²) in [6.07, 6.45) is 0. The summed E-state index contributed by atoms with van der Waals surface area (Å²) in [5, 5.41) is 29.2. The molecule has 0 unspecified atom stereocenters. The van der Waals surface area contributed by atoms with E-state index in [9.17, 15) is 15.2 Å². The molecule has 0 aliphatic heterocycles. The van der Waals surface area contributed by atoms with Gasteiger partial charge in [-0.25, -0.2) is 0 Å². The zero-order chi connectivity index (χ0) is 15.5. The van der Waals surface area contributed by atoms with Gasteiger partial charge in [-0.1, -0.05) is 30.3 Å². The van der Waals surface area contributed by atoms with Crippen molar-refractivity contribution in [3.05, 3.63) is 64.2 Å². The Morgan fingerprint density at radius 2 is 1.95 bits per heavy atom. The molecule has 0 aliphatic rings. The number of nitro benzene ring substituents is 1. The lowest BCUT2D eigenvalue weighted by atomic mass is 10.2. The van der Waals surface area contributed by atoms with Gasteiger partial charge in [-0.2, -0.15) is 5.11 Å². The molecule has 0 saturated carbocycles. The average molecular weight is 296 g/mol. The van der Waals surface area contributed by atoms with Crippen LogP contribution in [0.5, 0.6) is 5.88 Å². The van der Waals surface area contributed by atoms with Crippen molar-refractivity contribution in [2.45, 2.75) is 6.54 Å². The monoisotopic (exact) mass is 296 g/mol. The topological polar surface area (TPSA) is 104 Å². The van der Waals surface area contributed by atoms with E-state index in [-0.39, 0.29) is 17.3 Å². The quantitative estimate of drug-likeness (QED) is 0.431. The minimum Gasteiger partial charge on any atom is -0.493 e. The molecule has 0 saturated heterocycles. The number of benzene rings is 2. The van der Waals surface area contributed by atoms with Crippen LogP contribution in [0.15, 0.2) is 58.8 Å². The Hall–Kier alpha value is -3.22. The average Bonchev–Trinajstić information content (AvgIpc) is 2.83. The highest BCUT2D eigenvalue weighted by Gasteiger charge is 2.14. The van der Waals surface area contributed by atoms with Gasteiger partial charge >= 0.3 is 0 Å². The molecule has 0 fully saturated rings. The number of aromatic amines is 1. The SMILES string of the molecule is O=[N+]([O-])c1ccc2[nH]c(O)c(N=NCc3ccccc3)c2c1. The molecule has 110 valence electrons. The standard InChI is InChI=1S/C15H12N4O3/c20-15-14(18-16-9-10-4-2-1-3-5-10)12-8-11(19(21)22)6-7-13(12)17-15/h1-8,17,20H,9H2. The maximum atomic E-state index is 10.8. The number of H-pyrrole nitrogens is 1. The molecule has 0 radical (unpaired) electrons. The number of aromatic nitrogens is 1. The zero-order valence-electron chi connectivity index (χ0n) is 11.4. The van der Waals surface area contributed by atoms with Crippen molar-refractivity contribution < 1.29 is 10.0 Å². The third-order valence-electron chi connectivity index (χ3n) is 3.21. The molecule has 0 atom stereocenters. The van der Waals surface area contributed by atoms with Crippen molar-refractivity contribution in [2.75, 3.05) is 0 Å². The summed E-state index contributed by atoms with van der Waals surface area (Å²) in [6.45, 7) is 0.363. The number of nitrogens with one attached hydrogen (secondary N) is 1. The van der Waals surface area contributed by atoms with E-state index in [1.54, 1.807) is 0 Å². The minimum atomic E-state index is -0.492. The molecular weight excluding hydrogens is 284 g/mol. The maximum Gasteiger partial charge on any atom is 0.270 e. The normalized spacial score (nSPS) is 11.3. The molecule has 3 aromatic rings. The molecule has 7 nitrogen and oxygen atoms in total. The van der Waals surface area contributed by atoms with Crippen molar-refractivity contribution in [1.82, 2.24) is 4.98 Å². The van der Waals surface area contributed by atoms with E-state index in [1.807, 2.05) is 30.3 Å². The maximum absolute atomic E-state index is 10.8. The second-order valence-electron chi connectivity index (χ2n) is 4.69. The van der Waals surface area contributed by atoms with E-state index in [0.29, 0.717) is 17.4 Å². The molecule has 1 heterocycles. The van der Waals surface area contributed by atoms with Crippen molar-refractivity contribution >= 4 is 22.3 Å². The second-order valence-corrected chi connectivity index (χ2v) is 4.69. The lowest BCUT2D eigenvalue weighted by molar-refractivity contribution is -0.384. The highest BCUT2D eigenvalue weighted by Crippen LogP contribution is 2.37. The van der Waals surface area contributed by atoms with Crippen LogP contribution in [-0.4, -0.2) is 15.0 Å². The van der Waals surface area contributed by atoms with Crippen LogP contribution in [0.2, 0.25) is 0 Å². The molecular formula is C15H12N4O3. The lowest BCUT2D eigenvalue weighted by Crippen LogP contribution is -1.86. The molecule has 22 heavy (non-hydrogen) atoms. The summed E-state index contributed by atoms with van der Waals surface area (Å²) in [5.74, 6) is -0.160. The Bertz CT molecular complexity index is 856. The number of hydrogen-bond acceptors (Lipinski definition) is 5. The minimum absolute atomic E-state index is 0.0639. The highest BCUT2D eigenvalue weighted by molar-refractivity contribution is 5.95. The number of hydrogen-bond donors (Lipinski definition) is 2. The largest absolute Gasteiger partial charge is 0.493 e. The van der Waals surface area contributed by atoms with Gasteiger partial charge in [-0.15, -0.1) is 5.11 Å². The van der Waals surface area contributed by atoms with Gasteiger partial charge in [-0.3, -0.25) is 10.1 Å². The summed E-state index contributed by atoms with van der Waals surface area (Å²) in [7, 11) is 0. The molecule has 3 rings (SSSR count). The van der Waals surface area contributed by atoms with Gasteiger partial charge in [0.15, 0.2) is 5.69 Å². The van der Waals surface area contributed by atoms with Crippen molar-refractivity contribution in [2.24, 2.45) is 10.2 Å². The van der Waals surface area contributed by atoms with Gasteiger partial charge in [0.2, 0.25) is 5.88 Å². The highest BCUT2D eigenvalue weighted by atomic mass is 16.6. The number of fused-ring (bicyclic) bond motifs is 1. The molecule has 7 heteroatoms. The first-order chi connectivity index (χ1) is 10.6. The molecule has 2 aromatic carbocycles. The van der Waals surface area contributed by atoms with Crippen LogP contribution in [0.4, 0.5) is 11.4 Å². The van der Waals surface area contributed by atoms with E-state index in [1.165, 1.54) is 18.2 Å². The summed E-state index contributed by atoms with van der Waals surface area (Å²) in [5.41, 5.74) is 1.69. The molecule has 0 spiro atoms. The summed E-state index contributed by atoms with van der Waals surface area (Å²) < 4.78 is 0. The smallest absolute Gasteiger partial charge is 0.270 e. The summed E-state index contributed by atoms with van der Waals surface area (Å²) >= 11 is 0. The van der Waals surface area contributed by atoms with Gasteiger partial charge in [0, 0.05) is 17.5 Å². The van der Waals surface area contributed by atoms with E-state index >= 15 is 0 Å². The van der Waals surface area contributed by atoms with Crippen molar-refractivity contribution in [3.63, 3.8) is 0 Å². The van der Waals surface area contributed by atoms with E-state index in [4.69, 9.17) is 0 Å². The van der Waals surface area contributed by atoms with Crippen LogP contribution in [0, 0.1) is 10.1 Å². The van der Waals surface area contributed by atoms with Crippen LogP contribution in [-0.2, 0) is 6.54 Å². The fourth-order valence-corrected chi connectivity index (χ4v) is 2.14. The van der Waals surface area contributed by atoms with Gasteiger partial charge in [0.25, 0.3) is 5.69 Å². The molecule has 2 N–H and O–H groups in total. The predicted molar refractivity (Wildman–Crippen MR) is 81.3 cm³/mol. The first kappa shape index (κ1) is 13.7. The first-order valence-electron chi connectivity index (χ1n) is 6.55. The molecule has 0 aliphatic carbocycles. The third kappa shape index (κ3) is 2.64. The Morgan fingerprint density at radius 1 is 1.18 bits per heavy atom. The van der Waals surface area contributed by atoms with Crippen LogP contribution in [0.1, 0.15) is 5.56 Å². The number of azo groups is 1. The fraction of sp³-hybridized carbons (Fsp3) is 0.0667.